The lowest BCUT2D eigenvalue weighted by Gasteiger charge is -2.24. The van der Waals surface area contributed by atoms with Crippen LogP contribution < -0.4 is 10.2 Å². The molecule has 0 saturated heterocycles. The van der Waals surface area contributed by atoms with Gasteiger partial charge >= 0.3 is 0 Å². The molecule has 1 N–H and O–H groups in total. The number of carbonyl (C=O) groups is 1. The molecule has 3 aromatic rings. The van der Waals surface area contributed by atoms with Crippen LogP contribution >= 0.6 is 0 Å². The predicted octanol–water partition coefficient (Wildman–Crippen LogP) is 3.09. The molecule has 1 atom stereocenters. The number of benzene rings is 1. The molecule has 7 heteroatoms. The normalized spacial score (nSPS) is 15.9. The summed E-state index contributed by atoms with van der Waals surface area (Å²) in [6.45, 7) is 5.46. The van der Waals surface area contributed by atoms with Gasteiger partial charge in [-0.15, -0.1) is 10.2 Å². The van der Waals surface area contributed by atoms with E-state index in [1.165, 1.54) is 11.3 Å². The molecule has 26 heavy (non-hydrogen) atoms. The molecule has 1 unspecified atom stereocenters. The Kier molecular flexibility index (Phi) is 4.20. The van der Waals surface area contributed by atoms with Crippen molar-refractivity contribution in [3.8, 4) is 0 Å². The Hall–Kier alpha value is -3.09. The first-order chi connectivity index (χ1) is 12.7. The minimum absolute atomic E-state index is 0.312. The van der Waals surface area contributed by atoms with Crippen molar-refractivity contribution < 1.29 is 9.21 Å². The van der Waals surface area contributed by atoms with E-state index in [0.717, 1.165) is 12.0 Å². The average Bonchev–Trinajstić information content (AvgIpc) is 3.35. The second-order valence-electron chi connectivity index (χ2n) is 6.48. The van der Waals surface area contributed by atoms with Crippen molar-refractivity contribution >= 4 is 17.5 Å². The predicted molar refractivity (Wildman–Crippen MR) is 98.1 cm³/mol. The van der Waals surface area contributed by atoms with E-state index in [-0.39, 0.29) is 5.91 Å². The van der Waals surface area contributed by atoms with Gasteiger partial charge in [-0.3, -0.25) is 14.7 Å². The molecule has 0 fully saturated rings. The number of nitrogens with zero attached hydrogens (tertiary/aromatic N) is 4. The number of amides is 1. The van der Waals surface area contributed by atoms with Gasteiger partial charge in [0.25, 0.3) is 5.91 Å². The molecule has 134 valence electrons. The number of anilines is 2. The largest absolute Gasteiger partial charge is 0.459 e. The van der Waals surface area contributed by atoms with E-state index in [1.807, 2.05) is 19.1 Å². The molecular formula is C19H21N5O2. The lowest BCUT2D eigenvalue weighted by Crippen LogP contribution is -2.29. The molecule has 0 bridgehead atoms. The third-order valence-electron chi connectivity index (χ3n) is 4.82. The van der Waals surface area contributed by atoms with Gasteiger partial charge in [0.2, 0.25) is 5.95 Å². The summed E-state index contributed by atoms with van der Waals surface area (Å²) in [5.74, 6) is 0.416. The van der Waals surface area contributed by atoms with Crippen LogP contribution in [0.4, 0.5) is 11.6 Å². The maximum atomic E-state index is 12.7. The van der Waals surface area contributed by atoms with Gasteiger partial charge in [0.1, 0.15) is 6.33 Å². The number of nitrogens with one attached hydrogen (secondary N) is 1. The van der Waals surface area contributed by atoms with Crippen molar-refractivity contribution in [2.24, 2.45) is 0 Å². The lowest BCUT2D eigenvalue weighted by molar-refractivity contribution is 0.0994. The zero-order chi connectivity index (χ0) is 18.1. The van der Waals surface area contributed by atoms with Gasteiger partial charge in [-0.05, 0) is 38.0 Å². The summed E-state index contributed by atoms with van der Waals surface area (Å²) < 4.78 is 7.25. The maximum Gasteiger partial charge on any atom is 0.294 e. The smallest absolute Gasteiger partial charge is 0.294 e. The monoisotopic (exact) mass is 351 g/mol. The molecule has 7 nitrogen and oxygen atoms in total. The van der Waals surface area contributed by atoms with E-state index in [1.54, 1.807) is 17.2 Å². The number of hydrogen-bond acceptors (Lipinski definition) is 5. The Morgan fingerprint density at radius 2 is 2.19 bits per heavy atom. The van der Waals surface area contributed by atoms with Crippen LogP contribution in [0.5, 0.6) is 0 Å². The summed E-state index contributed by atoms with van der Waals surface area (Å²) >= 11 is 0. The SMILES string of the molecule is CCn1cnnc1NC(=O)c1occc1CN1c2ccccc2CC1C. The molecular weight excluding hydrogens is 330 g/mol. The minimum Gasteiger partial charge on any atom is -0.459 e. The Labute approximate surface area is 151 Å². The highest BCUT2D eigenvalue weighted by atomic mass is 16.3. The highest BCUT2D eigenvalue weighted by Gasteiger charge is 2.28. The van der Waals surface area contributed by atoms with Crippen molar-refractivity contribution in [3.05, 3.63) is 59.8 Å². The van der Waals surface area contributed by atoms with E-state index in [0.29, 0.717) is 30.8 Å². The van der Waals surface area contributed by atoms with Crippen LogP contribution in [0.25, 0.3) is 0 Å². The average molecular weight is 351 g/mol. The van der Waals surface area contributed by atoms with Gasteiger partial charge in [-0.2, -0.15) is 0 Å². The van der Waals surface area contributed by atoms with E-state index >= 15 is 0 Å². The van der Waals surface area contributed by atoms with Gasteiger partial charge in [0.05, 0.1) is 6.26 Å². The topological polar surface area (TPSA) is 76.2 Å². The quantitative estimate of drug-likeness (QED) is 0.764. The van der Waals surface area contributed by atoms with Crippen molar-refractivity contribution in [3.63, 3.8) is 0 Å². The second-order valence-corrected chi connectivity index (χ2v) is 6.48. The van der Waals surface area contributed by atoms with Gasteiger partial charge in [0.15, 0.2) is 5.76 Å². The van der Waals surface area contributed by atoms with Gasteiger partial charge in [-0.1, -0.05) is 18.2 Å². The summed E-state index contributed by atoms with van der Waals surface area (Å²) in [4.78, 5) is 15.0. The highest BCUT2D eigenvalue weighted by molar-refractivity contribution is 6.02. The van der Waals surface area contributed by atoms with Crippen LogP contribution in [0.1, 0.15) is 35.5 Å². The Morgan fingerprint density at radius 3 is 3.04 bits per heavy atom. The number of hydrogen-bond donors (Lipinski definition) is 1. The third kappa shape index (κ3) is 2.85. The summed E-state index contributed by atoms with van der Waals surface area (Å²) in [6, 6.07) is 10.6. The molecule has 0 radical (unpaired) electrons. The summed E-state index contributed by atoms with van der Waals surface area (Å²) in [5.41, 5.74) is 3.41. The Bertz CT molecular complexity index is 929. The molecule has 0 aliphatic carbocycles. The number of para-hydroxylation sites is 1. The zero-order valence-electron chi connectivity index (χ0n) is 14.8. The number of aromatic nitrogens is 3. The van der Waals surface area contributed by atoms with Crippen LogP contribution in [0, 0.1) is 0 Å². The fraction of sp³-hybridized carbons (Fsp3) is 0.316. The van der Waals surface area contributed by atoms with E-state index in [4.69, 9.17) is 4.42 Å². The Balaban J connectivity index is 1.55. The lowest BCUT2D eigenvalue weighted by atomic mass is 10.1. The van der Waals surface area contributed by atoms with Crippen LogP contribution in [0.15, 0.2) is 47.3 Å². The maximum absolute atomic E-state index is 12.7. The number of rotatable bonds is 5. The minimum atomic E-state index is -0.312. The van der Waals surface area contributed by atoms with Crippen molar-refractivity contribution in [1.82, 2.24) is 14.8 Å². The van der Waals surface area contributed by atoms with E-state index in [2.05, 4.69) is 45.5 Å². The zero-order valence-corrected chi connectivity index (χ0v) is 14.8. The molecule has 1 amide bonds. The summed E-state index contributed by atoms with van der Waals surface area (Å²) in [6.07, 6.45) is 4.15. The number of fused-ring (bicyclic) bond motifs is 1. The molecule has 1 aliphatic rings. The first-order valence-electron chi connectivity index (χ1n) is 8.77. The molecule has 0 saturated carbocycles. The molecule has 1 aromatic carbocycles. The van der Waals surface area contributed by atoms with Crippen molar-refractivity contribution in [2.75, 3.05) is 10.2 Å². The van der Waals surface area contributed by atoms with Crippen LogP contribution in [-0.2, 0) is 19.5 Å². The first-order valence-corrected chi connectivity index (χ1v) is 8.77. The number of carbonyl (C=O) groups excluding carboxylic acids is 1. The highest BCUT2D eigenvalue weighted by Crippen LogP contribution is 2.33. The standard InChI is InChI=1S/C19H21N5O2/c1-3-23-12-20-22-19(23)21-18(25)17-15(8-9-26-17)11-24-13(2)10-14-6-4-5-7-16(14)24/h4-9,12-13H,3,10-11H2,1-2H3,(H,21,22,25). The van der Waals surface area contributed by atoms with E-state index in [9.17, 15) is 4.79 Å². The van der Waals surface area contributed by atoms with Gasteiger partial charge < -0.3 is 9.32 Å². The molecule has 4 rings (SSSR count). The van der Waals surface area contributed by atoms with Crippen molar-refractivity contribution in [1.29, 1.82) is 0 Å². The van der Waals surface area contributed by atoms with E-state index < -0.39 is 0 Å². The molecule has 3 heterocycles. The van der Waals surface area contributed by atoms with Crippen LogP contribution in [0.2, 0.25) is 0 Å². The molecule has 1 aliphatic heterocycles. The first kappa shape index (κ1) is 16.4. The van der Waals surface area contributed by atoms with Crippen LogP contribution in [-0.4, -0.2) is 26.7 Å². The second kappa shape index (κ2) is 6.67. The Morgan fingerprint density at radius 1 is 1.35 bits per heavy atom. The summed E-state index contributed by atoms with van der Waals surface area (Å²) in [7, 11) is 0. The fourth-order valence-electron chi connectivity index (χ4n) is 3.45. The molecule has 2 aromatic heterocycles. The third-order valence-corrected chi connectivity index (χ3v) is 4.82. The van der Waals surface area contributed by atoms with Crippen molar-refractivity contribution in [2.45, 2.75) is 39.4 Å². The van der Waals surface area contributed by atoms with Gasteiger partial charge in [0, 0.05) is 30.4 Å². The fourth-order valence-corrected chi connectivity index (χ4v) is 3.45. The number of furan rings is 1. The summed E-state index contributed by atoms with van der Waals surface area (Å²) in [5, 5.41) is 10.5. The number of aryl methyl sites for hydroxylation is 1. The van der Waals surface area contributed by atoms with Crippen LogP contribution in [0.3, 0.4) is 0 Å². The molecule has 0 spiro atoms. The van der Waals surface area contributed by atoms with Gasteiger partial charge in [-0.25, -0.2) is 0 Å².